The highest BCUT2D eigenvalue weighted by Gasteiger charge is 2.24. The van der Waals surface area contributed by atoms with Crippen molar-refractivity contribution in [3.63, 3.8) is 0 Å². The van der Waals surface area contributed by atoms with Gasteiger partial charge in [-0.05, 0) is 19.3 Å². The number of rotatable bonds is 6. The molecule has 1 aromatic heterocycles. The van der Waals surface area contributed by atoms with E-state index in [4.69, 9.17) is 10.5 Å². The molecule has 106 valence electrons. The van der Waals surface area contributed by atoms with Gasteiger partial charge in [-0.25, -0.2) is 0 Å². The molecule has 0 spiro atoms. The number of carbonyl (C=O) groups excluding carboxylic acids is 1. The summed E-state index contributed by atoms with van der Waals surface area (Å²) in [5.41, 5.74) is 7.29. The monoisotopic (exact) mass is 266 g/mol. The highest BCUT2D eigenvalue weighted by atomic mass is 16.5. The predicted molar refractivity (Wildman–Crippen MR) is 71.5 cm³/mol. The lowest BCUT2D eigenvalue weighted by Gasteiger charge is -2.18. The number of ether oxygens (including phenoxy) is 1. The van der Waals surface area contributed by atoms with Crippen LogP contribution >= 0.6 is 0 Å². The Kier molecular flexibility index (Phi) is 4.55. The Hall–Kier alpha value is -1.40. The molecule has 1 aliphatic rings. The molecule has 0 radical (unpaired) electrons. The lowest BCUT2D eigenvalue weighted by Crippen LogP contribution is -2.38. The van der Waals surface area contributed by atoms with Gasteiger partial charge < -0.3 is 10.5 Å². The van der Waals surface area contributed by atoms with Crippen molar-refractivity contribution in [3.05, 3.63) is 17.5 Å². The molecule has 1 fully saturated rings. The number of nitrogens with two attached hydrogens (primary N) is 1. The molecule has 1 amide bonds. The summed E-state index contributed by atoms with van der Waals surface area (Å²) in [6.45, 7) is 3.47. The summed E-state index contributed by atoms with van der Waals surface area (Å²) in [7, 11) is 1.85. The van der Waals surface area contributed by atoms with Gasteiger partial charge >= 0.3 is 0 Å². The molecule has 1 aromatic rings. The summed E-state index contributed by atoms with van der Waals surface area (Å²) in [6, 6.07) is -0.493. The highest BCUT2D eigenvalue weighted by molar-refractivity contribution is 5.81. The number of nitrogens with zero attached hydrogens (tertiary/aromatic N) is 2. The predicted octanol–water partition coefficient (Wildman–Crippen LogP) is 0.278. The van der Waals surface area contributed by atoms with Crippen LogP contribution in [0.4, 0.5) is 0 Å². The number of aromatic nitrogens is 2. The first-order valence-corrected chi connectivity index (χ1v) is 6.78. The van der Waals surface area contributed by atoms with E-state index in [0.29, 0.717) is 6.54 Å². The fourth-order valence-corrected chi connectivity index (χ4v) is 2.49. The van der Waals surface area contributed by atoms with Crippen LogP contribution in [0.3, 0.4) is 0 Å². The maximum atomic E-state index is 11.7. The topological polar surface area (TPSA) is 82.2 Å². The second kappa shape index (κ2) is 6.16. The van der Waals surface area contributed by atoms with Gasteiger partial charge in [0, 0.05) is 32.0 Å². The fraction of sp³-hybridized carbons (Fsp3) is 0.692. The summed E-state index contributed by atoms with van der Waals surface area (Å²) in [5.74, 6) is -0.374. The van der Waals surface area contributed by atoms with Crippen LogP contribution in [-0.4, -0.2) is 34.9 Å². The minimum absolute atomic E-state index is 0.184. The second-order valence-corrected chi connectivity index (χ2v) is 4.94. The summed E-state index contributed by atoms with van der Waals surface area (Å²) in [5, 5.41) is 7.56. The molecule has 1 saturated heterocycles. The van der Waals surface area contributed by atoms with Crippen LogP contribution < -0.4 is 11.1 Å². The molecule has 6 nitrogen and oxygen atoms in total. The van der Waals surface area contributed by atoms with Gasteiger partial charge in [-0.15, -0.1) is 0 Å². The summed E-state index contributed by atoms with van der Waals surface area (Å²) >= 11 is 0. The Morgan fingerprint density at radius 3 is 3.11 bits per heavy atom. The maximum Gasteiger partial charge on any atom is 0.239 e. The van der Waals surface area contributed by atoms with Crippen molar-refractivity contribution < 1.29 is 9.53 Å². The quantitative estimate of drug-likeness (QED) is 0.774. The standard InChI is InChI=1S/C13H22N4O2/c1-3-11-10(8-17(2)16-11)12(13(14)18)15-7-9-5-4-6-19-9/h8-9,12,15H,3-7H2,1-2H3,(H2,14,18). The van der Waals surface area contributed by atoms with Crippen LogP contribution in [0, 0.1) is 0 Å². The Bertz CT molecular complexity index is 438. The van der Waals surface area contributed by atoms with Crippen molar-refractivity contribution in [2.75, 3.05) is 13.2 Å². The molecule has 2 atom stereocenters. The SMILES string of the molecule is CCc1nn(C)cc1C(NCC1CCCO1)C(N)=O. The van der Waals surface area contributed by atoms with Crippen molar-refractivity contribution in [2.45, 2.75) is 38.3 Å². The molecule has 2 rings (SSSR count). The molecular weight excluding hydrogens is 244 g/mol. The Morgan fingerprint density at radius 2 is 2.53 bits per heavy atom. The largest absolute Gasteiger partial charge is 0.377 e. The van der Waals surface area contributed by atoms with Gasteiger partial charge in [0.1, 0.15) is 6.04 Å². The molecule has 0 bridgehead atoms. The van der Waals surface area contributed by atoms with E-state index in [0.717, 1.165) is 37.1 Å². The molecular formula is C13H22N4O2. The summed E-state index contributed by atoms with van der Waals surface area (Å²) in [4.78, 5) is 11.7. The van der Waals surface area contributed by atoms with Gasteiger partial charge in [0.25, 0.3) is 0 Å². The van der Waals surface area contributed by atoms with Gasteiger partial charge in [0.2, 0.25) is 5.91 Å². The third-order valence-electron chi connectivity index (χ3n) is 3.44. The number of hydrogen-bond donors (Lipinski definition) is 2. The van der Waals surface area contributed by atoms with E-state index in [2.05, 4.69) is 10.4 Å². The van der Waals surface area contributed by atoms with E-state index in [1.165, 1.54) is 0 Å². The van der Waals surface area contributed by atoms with Crippen LogP contribution in [0.2, 0.25) is 0 Å². The molecule has 0 aliphatic carbocycles. The number of nitrogens with one attached hydrogen (secondary N) is 1. The van der Waals surface area contributed by atoms with Crippen molar-refractivity contribution in [1.82, 2.24) is 15.1 Å². The number of amides is 1. The molecule has 0 aromatic carbocycles. The Balaban J connectivity index is 2.07. The minimum Gasteiger partial charge on any atom is -0.377 e. The molecule has 2 heterocycles. The molecule has 3 N–H and O–H groups in total. The van der Waals surface area contributed by atoms with Gasteiger partial charge in [-0.3, -0.25) is 14.8 Å². The Morgan fingerprint density at radius 1 is 1.74 bits per heavy atom. The molecule has 0 saturated carbocycles. The maximum absolute atomic E-state index is 11.7. The first-order valence-electron chi connectivity index (χ1n) is 6.78. The van der Waals surface area contributed by atoms with Gasteiger partial charge in [-0.1, -0.05) is 6.92 Å². The van der Waals surface area contributed by atoms with Crippen molar-refractivity contribution >= 4 is 5.91 Å². The number of carbonyl (C=O) groups is 1. The fourth-order valence-electron chi connectivity index (χ4n) is 2.49. The highest BCUT2D eigenvalue weighted by Crippen LogP contribution is 2.19. The van der Waals surface area contributed by atoms with Crippen LogP contribution in [-0.2, 0) is 23.0 Å². The normalized spacial score (nSPS) is 20.6. The van der Waals surface area contributed by atoms with E-state index in [9.17, 15) is 4.79 Å². The van der Waals surface area contributed by atoms with Crippen molar-refractivity contribution in [2.24, 2.45) is 12.8 Å². The zero-order valence-electron chi connectivity index (χ0n) is 11.6. The van der Waals surface area contributed by atoms with E-state index in [-0.39, 0.29) is 12.0 Å². The lowest BCUT2D eigenvalue weighted by atomic mass is 10.1. The third kappa shape index (κ3) is 3.33. The summed E-state index contributed by atoms with van der Waals surface area (Å²) < 4.78 is 7.27. The number of hydrogen-bond acceptors (Lipinski definition) is 4. The smallest absolute Gasteiger partial charge is 0.239 e. The van der Waals surface area contributed by atoms with E-state index >= 15 is 0 Å². The van der Waals surface area contributed by atoms with Crippen molar-refractivity contribution in [3.8, 4) is 0 Å². The van der Waals surface area contributed by atoms with Crippen LogP contribution in [0.1, 0.15) is 37.1 Å². The number of aryl methyl sites for hydroxylation is 2. The van der Waals surface area contributed by atoms with Crippen LogP contribution in [0.5, 0.6) is 0 Å². The first-order chi connectivity index (χ1) is 9.11. The second-order valence-electron chi connectivity index (χ2n) is 4.94. The summed E-state index contributed by atoms with van der Waals surface area (Å²) in [6.07, 6.45) is 4.94. The average molecular weight is 266 g/mol. The third-order valence-corrected chi connectivity index (χ3v) is 3.44. The van der Waals surface area contributed by atoms with Crippen LogP contribution in [0.15, 0.2) is 6.20 Å². The van der Waals surface area contributed by atoms with Gasteiger partial charge in [-0.2, -0.15) is 5.10 Å². The van der Waals surface area contributed by atoms with Crippen LogP contribution in [0.25, 0.3) is 0 Å². The van der Waals surface area contributed by atoms with E-state index in [1.54, 1.807) is 4.68 Å². The first kappa shape index (κ1) is 14.0. The van der Waals surface area contributed by atoms with E-state index in [1.807, 2.05) is 20.2 Å². The zero-order valence-corrected chi connectivity index (χ0v) is 11.6. The van der Waals surface area contributed by atoms with Gasteiger partial charge in [0.05, 0.1) is 11.8 Å². The molecule has 6 heteroatoms. The van der Waals surface area contributed by atoms with Gasteiger partial charge in [0.15, 0.2) is 0 Å². The average Bonchev–Trinajstić information content (AvgIpc) is 2.98. The molecule has 1 aliphatic heterocycles. The van der Waals surface area contributed by atoms with E-state index < -0.39 is 6.04 Å². The van der Waals surface area contributed by atoms with Crippen molar-refractivity contribution in [1.29, 1.82) is 0 Å². The molecule has 2 unspecified atom stereocenters. The minimum atomic E-state index is -0.493. The molecule has 19 heavy (non-hydrogen) atoms. The zero-order chi connectivity index (χ0) is 13.8. The number of primary amides is 1. The lowest BCUT2D eigenvalue weighted by molar-refractivity contribution is -0.120. The Labute approximate surface area is 113 Å².